The molecule has 85 heavy (non-hydrogen) atoms. The van der Waals surface area contributed by atoms with E-state index in [4.69, 9.17) is 16.1 Å². The summed E-state index contributed by atoms with van der Waals surface area (Å²) < 4.78 is 16.4. The van der Waals surface area contributed by atoms with Crippen molar-refractivity contribution in [3.05, 3.63) is 228 Å². The number of fused-ring (bicyclic) bond motifs is 8. The highest BCUT2D eigenvalue weighted by atomic mass is 32.1. The Morgan fingerprint density at radius 1 is 0.518 bits per heavy atom. The first kappa shape index (κ1) is 58.2. The summed E-state index contributed by atoms with van der Waals surface area (Å²) in [6.45, 7) is 17.2. The number of carbonyl (C=O) groups is 2. The summed E-state index contributed by atoms with van der Waals surface area (Å²) >= 11 is 3.62. The lowest BCUT2D eigenvalue weighted by Crippen LogP contribution is -2.15. The van der Waals surface area contributed by atoms with E-state index < -0.39 is 0 Å². The SMILES string of the molecule is C=C(C=CC(=CC)N(c1ccc(C=O)cc1)c1cccc2ccccc12)c1cc2c3cc(OCC(CC)CCCC)c(OCC(CC)CCCC)cc3c3cc(-c4ccc(N(c5ccc(C=O)cc5)c5cccc6ccccc56)cc4)sc3c2s1. The van der Waals surface area contributed by atoms with Gasteiger partial charge in [0, 0.05) is 65.2 Å². The molecule has 428 valence electrons. The Kier molecular flexibility index (Phi) is 18.5. The van der Waals surface area contributed by atoms with Crippen LogP contribution >= 0.6 is 22.7 Å². The van der Waals surface area contributed by atoms with E-state index in [1.807, 2.05) is 59.9 Å². The molecule has 0 spiro atoms. The second kappa shape index (κ2) is 27.0. The minimum atomic E-state index is 0.448. The molecule has 11 aromatic rings. The van der Waals surface area contributed by atoms with Gasteiger partial charge in [-0.1, -0.05) is 170 Å². The summed E-state index contributed by atoms with van der Waals surface area (Å²) in [5.41, 5.74) is 9.27. The number of nitrogens with zero attached hydrogens (tertiary/aromatic N) is 2. The van der Waals surface area contributed by atoms with Crippen LogP contribution in [-0.2, 0) is 0 Å². The van der Waals surface area contributed by atoms with Crippen molar-refractivity contribution in [1.82, 2.24) is 0 Å². The molecule has 11 rings (SSSR count). The molecule has 2 unspecified atom stereocenters. The molecule has 0 saturated carbocycles. The van der Waals surface area contributed by atoms with Crippen molar-refractivity contribution in [2.45, 2.75) is 86.0 Å². The predicted molar refractivity (Wildman–Crippen MR) is 365 cm³/mol. The number of hydrogen-bond donors (Lipinski definition) is 0. The first-order valence-electron chi connectivity index (χ1n) is 30.3. The van der Waals surface area contributed by atoms with Gasteiger partial charge in [0.1, 0.15) is 12.6 Å². The van der Waals surface area contributed by atoms with Crippen LogP contribution in [0.4, 0.5) is 28.4 Å². The van der Waals surface area contributed by atoms with Crippen molar-refractivity contribution in [1.29, 1.82) is 0 Å². The fourth-order valence-electron chi connectivity index (χ4n) is 11.7. The normalized spacial score (nSPS) is 12.6. The van der Waals surface area contributed by atoms with Gasteiger partial charge in [-0.05, 0) is 167 Å². The third-order valence-electron chi connectivity index (χ3n) is 16.7. The van der Waals surface area contributed by atoms with Gasteiger partial charge in [0.05, 0.1) is 34.0 Å². The number of allylic oxidation sites excluding steroid dienone is 4. The van der Waals surface area contributed by atoms with Gasteiger partial charge in [0.25, 0.3) is 0 Å². The van der Waals surface area contributed by atoms with Crippen molar-refractivity contribution in [3.63, 3.8) is 0 Å². The fourth-order valence-corrected chi connectivity index (χ4v) is 14.1. The lowest BCUT2D eigenvalue weighted by molar-refractivity contribution is 0.111. The van der Waals surface area contributed by atoms with E-state index in [-0.39, 0.29) is 0 Å². The number of benzene rings is 9. The Labute approximate surface area is 509 Å². The average Bonchev–Trinajstić information content (AvgIpc) is 2.30. The van der Waals surface area contributed by atoms with E-state index in [0.717, 1.165) is 150 Å². The Bertz CT molecular complexity index is 4220. The van der Waals surface area contributed by atoms with Gasteiger partial charge in [-0.3, -0.25) is 9.59 Å². The number of unbranched alkanes of at least 4 members (excludes halogenated alkanes) is 2. The molecule has 9 aromatic carbocycles. The Hall–Kier alpha value is -8.56. The van der Waals surface area contributed by atoms with E-state index in [2.05, 4.69) is 196 Å². The van der Waals surface area contributed by atoms with Crippen molar-refractivity contribution in [3.8, 4) is 21.9 Å². The Balaban J connectivity index is 1.04. The van der Waals surface area contributed by atoms with Crippen molar-refractivity contribution in [2.24, 2.45) is 11.8 Å². The molecular formula is C77H74N2O4S2. The molecule has 8 heteroatoms. The minimum Gasteiger partial charge on any atom is -0.489 e. The van der Waals surface area contributed by atoms with Gasteiger partial charge in [-0.2, -0.15) is 0 Å². The van der Waals surface area contributed by atoms with Gasteiger partial charge in [-0.25, -0.2) is 0 Å². The first-order valence-corrected chi connectivity index (χ1v) is 31.9. The molecule has 0 N–H and O–H groups in total. The molecule has 2 aromatic heterocycles. The van der Waals surface area contributed by atoms with E-state index in [0.29, 0.717) is 36.2 Å². The van der Waals surface area contributed by atoms with E-state index in [1.54, 1.807) is 11.3 Å². The number of thiophene rings is 2. The summed E-state index contributed by atoms with van der Waals surface area (Å²) in [5.74, 6) is 2.50. The van der Waals surface area contributed by atoms with Crippen LogP contribution < -0.4 is 19.3 Å². The lowest BCUT2D eigenvalue weighted by atomic mass is 9.99. The molecule has 0 bridgehead atoms. The highest BCUT2D eigenvalue weighted by molar-refractivity contribution is 7.29. The molecule has 6 nitrogen and oxygen atoms in total. The Morgan fingerprint density at radius 3 is 1.55 bits per heavy atom. The molecule has 2 heterocycles. The quantitative estimate of drug-likeness (QED) is 0.0398. The van der Waals surface area contributed by atoms with E-state index in [1.165, 1.54) is 32.5 Å². The maximum Gasteiger partial charge on any atom is 0.161 e. The number of rotatable bonds is 26. The van der Waals surface area contributed by atoms with Crippen LogP contribution in [0.3, 0.4) is 0 Å². The summed E-state index contributed by atoms with van der Waals surface area (Å²) in [5, 5.41) is 9.17. The lowest BCUT2D eigenvalue weighted by Gasteiger charge is -2.28. The molecule has 0 aliphatic heterocycles. The number of ether oxygens (including phenoxy) is 2. The second-order valence-corrected chi connectivity index (χ2v) is 24.3. The summed E-state index contributed by atoms with van der Waals surface area (Å²) in [4.78, 5) is 30.4. The molecule has 0 saturated heterocycles. The van der Waals surface area contributed by atoms with Crippen LogP contribution in [0, 0.1) is 11.8 Å². The van der Waals surface area contributed by atoms with Crippen LogP contribution in [0.5, 0.6) is 11.5 Å². The second-order valence-electron chi connectivity index (χ2n) is 22.2. The topological polar surface area (TPSA) is 59.1 Å². The van der Waals surface area contributed by atoms with Gasteiger partial charge in [-0.15, -0.1) is 22.7 Å². The standard InChI is InChI=1S/C77H74N2O4S2/c1-7-12-20-53(9-3)50-82-72-44-66-67(45-73(72)83-51-54(10-4)21-13-8-2)69-47-75(59-35-42-63(43-36-59)79(62-40-33-56(49-81)34-41-62)71-29-19-25-58-23-15-17-27-65(58)71)85-77(69)76-68(66)46-74(84-76)52(6)30-37-60(11-5)78(61-38-31-55(48-80)32-39-61)70-28-18-24-57-22-14-16-26-64(57)70/h11,14-19,22-49,53-54H,6-10,12-13,20-21,50-51H2,1-5H3. The van der Waals surface area contributed by atoms with Crippen molar-refractivity contribution in [2.75, 3.05) is 23.0 Å². The number of anilines is 5. The van der Waals surface area contributed by atoms with Gasteiger partial charge < -0.3 is 19.3 Å². The zero-order valence-electron chi connectivity index (χ0n) is 49.5. The third kappa shape index (κ3) is 12.5. The highest BCUT2D eigenvalue weighted by Gasteiger charge is 2.23. The van der Waals surface area contributed by atoms with Crippen LogP contribution in [0.2, 0.25) is 0 Å². The summed E-state index contributed by atoms with van der Waals surface area (Å²) in [6, 6.07) is 63.5. The molecule has 0 aliphatic rings. The zero-order chi connectivity index (χ0) is 58.8. The van der Waals surface area contributed by atoms with Gasteiger partial charge in [0.2, 0.25) is 0 Å². The van der Waals surface area contributed by atoms with Gasteiger partial charge >= 0.3 is 0 Å². The average molecular weight is 1160 g/mol. The highest BCUT2D eigenvalue weighted by Crippen LogP contribution is 2.50. The van der Waals surface area contributed by atoms with Crippen molar-refractivity contribution >= 4 is 122 Å². The van der Waals surface area contributed by atoms with E-state index in [9.17, 15) is 9.59 Å². The molecule has 2 atom stereocenters. The predicted octanol–water partition coefficient (Wildman–Crippen LogP) is 22.8. The molecule has 0 radical (unpaired) electrons. The van der Waals surface area contributed by atoms with Crippen LogP contribution in [-0.4, -0.2) is 25.8 Å². The zero-order valence-corrected chi connectivity index (χ0v) is 51.1. The minimum absolute atomic E-state index is 0.448. The van der Waals surface area contributed by atoms with Crippen LogP contribution in [0.15, 0.2) is 212 Å². The van der Waals surface area contributed by atoms with E-state index >= 15 is 0 Å². The third-order valence-corrected chi connectivity index (χ3v) is 19.3. The van der Waals surface area contributed by atoms with Crippen molar-refractivity contribution < 1.29 is 19.1 Å². The maximum absolute atomic E-state index is 11.8. The molecule has 0 aliphatic carbocycles. The molecule has 0 amide bonds. The number of hydrogen-bond acceptors (Lipinski definition) is 8. The van der Waals surface area contributed by atoms with Crippen LogP contribution in [0.25, 0.3) is 68.5 Å². The number of aldehydes is 2. The van der Waals surface area contributed by atoms with Crippen LogP contribution in [0.1, 0.15) is 112 Å². The first-order chi connectivity index (χ1) is 41.7. The fraction of sp³-hybridized carbons (Fsp3) is 0.221. The molecular weight excluding hydrogens is 1080 g/mol. The monoisotopic (exact) mass is 1150 g/mol. The maximum atomic E-state index is 11.8. The Morgan fingerprint density at radius 2 is 1.01 bits per heavy atom. The largest absolute Gasteiger partial charge is 0.489 e. The summed E-state index contributed by atoms with van der Waals surface area (Å²) in [7, 11) is 0. The van der Waals surface area contributed by atoms with Gasteiger partial charge in [0.15, 0.2) is 11.5 Å². The number of carbonyl (C=O) groups excluding carboxylic acids is 2. The smallest absolute Gasteiger partial charge is 0.161 e. The molecule has 0 fully saturated rings. The summed E-state index contributed by atoms with van der Waals surface area (Å²) in [6.07, 6.45) is 17.3.